The SMILES string of the molecule is CN1C(=O)C2CCCCN2c2ccc(C(=O)NCCCN3CCCC3)cc21. The molecule has 2 fully saturated rings. The van der Waals surface area contributed by atoms with Gasteiger partial charge in [0.1, 0.15) is 6.04 Å². The number of carbonyl (C=O) groups excluding carboxylic acids is 2. The third-order valence-corrected chi connectivity index (χ3v) is 6.16. The van der Waals surface area contributed by atoms with Crippen LogP contribution in [0.2, 0.25) is 0 Å². The molecule has 1 atom stereocenters. The highest BCUT2D eigenvalue weighted by Gasteiger charge is 2.37. The minimum Gasteiger partial charge on any atom is -0.358 e. The first kappa shape index (κ1) is 18.3. The molecule has 4 rings (SSSR count). The van der Waals surface area contributed by atoms with Crippen LogP contribution in [0.4, 0.5) is 11.4 Å². The van der Waals surface area contributed by atoms with Crippen molar-refractivity contribution in [3.8, 4) is 0 Å². The zero-order valence-corrected chi connectivity index (χ0v) is 16.2. The van der Waals surface area contributed by atoms with Gasteiger partial charge in [-0.05, 0) is 76.4 Å². The number of carbonyl (C=O) groups is 2. The summed E-state index contributed by atoms with van der Waals surface area (Å²) in [6.45, 7) is 5.04. The second-order valence-electron chi connectivity index (χ2n) is 7.96. The normalized spacial score (nSPS) is 22.6. The first-order valence-electron chi connectivity index (χ1n) is 10.3. The van der Waals surface area contributed by atoms with E-state index in [2.05, 4.69) is 15.1 Å². The number of amides is 2. The summed E-state index contributed by atoms with van der Waals surface area (Å²) in [6.07, 6.45) is 6.71. The molecule has 1 aromatic carbocycles. The third kappa shape index (κ3) is 3.68. The zero-order chi connectivity index (χ0) is 18.8. The highest BCUT2D eigenvalue weighted by atomic mass is 16.2. The summed E-state index contributed by atoms with van der Waals surface area (Å²) in [7, 11) is 1.82. The van der Waals surface area contributed by atoms with E-state index in [0.29, 0.717) is 12.1 Å². The van der Waals surface area contributed by atoms with E-state index in [9.17, 15) is 9.59 Å². The number of nitrogens with one attached hydrogen (secondary N) is 1. The van der Waals surface area contributed by atoms with Crippen molar-refractivity contribution in [1.82, 2.24) is 10.2 Å². The maximum Gasteiger partial charge on any atom is 0.251 e. The van der Waals surface area contributed by atoms with Crippen molar-refractivity contribution < 1.29 is 9.59 Å². The Hall–Kier alpha value is -2.08. The summed E-state index contributed by atoms with van der Waals surface area (Å²) in [5, 5.41) is 3.03. The van der Waals surface area contributed by atoms with Crippen molar-refractivity contribution >= 4 is 23.2 Å². The van der Waals surface area contributed by atoms with E-state index < -0.39 is 0 Å². The van der Waals surface area contributed by atoms with Gasteiger partial charge in [-0.1, -0.05) is 0 Å². The zero-order valence-electron chi connectivity index (χ0n) is 16.2. The van der Waals surface area contributed by atoms with Gasteiger partial charge in [-0.3, -0.25) is 9.59 Å². The fourth-order valence-corrected chi connectivity index (χ4v) is 4.61. The van der Waals surface area contributed by atoms with E-state index in [0.717, 1.165) is 50.1 Å². The second-order valence-corrected chi connectivity index (χ2v) is 7.96. The molecule has 0 spiro atoms. The molecule has 3 heterocycles. The van der Waals surface area contributed by atoms with Crippen LogP contribution in [0.25, 0.3) is 0 Å². The lowest BCUT2D eigenvalue weighted by Crippen LogP contribution is -2.54. The smallest absolute Gasteiger partial charge is 0.251 e. The van der Waals surface area contributed by atoms with Crippen LogP contribution in [-0.2, 0) is 4.79 Å². The van der Waals surface area contributed by atoms with Crippen LogP contribution in [0.1, 0.15) is 48.9 Å². The lowest BCUT2D eigenvalue weighted by atomic mass is 9.96. The highest BCUT2D eigenvalue weighted by Crippen LogP contribution is 2.39. The first-order chi connectivity index (χ1) is 13.1. The maximum absolute atomic E-state index is 12.7. The molecule has 3 aliphatic rings. The second kappa shape index (κ2) is 7.89. The summed E-state index contributed by atoms with van der Waals surface area (Å²) >= 11 is 0. The molecule has 1 aromatic rings. The Morgan fingerprint density at radius 1 is 1.11 bits per heavy atom. The van der Waals surface area contributed by atoms with Gasteiger partial charge in [0, 0.05) is 25.7 Å². The van der Waals surface area contributed by atoms with E-state index in [4.69, 9.17) is 0 Å². The van der Waals surface area contributed by atoms with Crippen LogP contribution in [0.5, 0.6) is 0 Å². The molecule has 0 radical (unpaired) electrons. The number of likely N-dealkylation sites (tertiary alicyclic amines) is 1. The van der Waals surface area contributed by atoms with Crippen LogP contribution in [0.3, 0.4) is 0 Å². The van der Waals surface area contributed by atoms with Crippen LogP contribution in [-0.4, -0.2) is 62.5 Å². The van der Waals surface area contributed by atoms with Crippen molar-refractivity contribution in [1.29, 1.82) is 0 Å². The molecular weight excluding hydrogens is 340 g/mol. The molecule has 146 valence electrons. The molecule has 0 bridgehead atoms. The van der Waals surface area contributed by atoms with Gasteiger partial charge < -0.3 is 20.0 Å². The lowest BCUT2D eigenvalue weighted by molar-refractivity contribution is -0.120. The van der Waals surface area contributed by atoms with Gasteiger partial charge in [-0.25, -0.2) is 0 Å². The van der Waals surface area contributed by atoms with Gasteiger partial charge >= 0.3 is 0 Å². The Morgan fingerprint density at radius 2 is 1.89 bits per heavy atom. The molecule has 6 heteroatoms. The molecule has 6 nitrogen and oxygen atoms in total. The summed E-state index contributed by atoms with van der Waals surface area (Å²) in [5.41, 5.74) is 2.56. The molecule has 0 saturated carbocycles. The Labute approximate surface area is 161 Å². The van der Waals surface area contributed by atoms with Crippen molar-refractivity contribution in [2.24, 2.45) is 0 Å². The number of nitrogens with zero attached hydrogens (tertiary/aromatic N) is 3. The average Bonchev–Trinajstić information content (AvgIpc) is 3.22. The molecule has 0 aromatic heterocycles. The minimum absolute atomic E-state index is 0.0403. The molecule has 27 heavy (non-hydrogen) atoms. The summed E-state index contributed by atoms with van der Waals surface area (Å²) in [4.78, 5) is 31.7. The number of likely N-dealkylation sites (N-methyl/N-ethyl adjacent to an activating group) is 1. The average molecular weight is 370 g/mol. The summed E-state index contributed by atoms with van der Waals surface area (Å²) in [5.74, 6) is 0.0891. The van der Waals surface area contributed by atoms with E-state index in [1.54, 1.807) is 4.90 Å². The lowest BCUT2D eigenvalue weighted by Gasteiger charge is -2.44. The van der Waals surface area contributed by atoms with Crippen LogP contribution in [0, 0.1) is 0 Å². The number of hydrogen-bond acceptors (Lipinski definition) is 4. The maximum atomic E-state index is 12.7. The van der Waals surface area contributed by atoms with Crippen molar-refractivity contribution in [3.63, 3.8) is 0 Å². The Kier molecular flexibility index (Phi) is 5.34. The van der Waals surface area contributed by atoms with Gasteiger partial charge in [0.25, 0.3) is 5.91 Å². The van der Waals surface area contributed by atoms with E-state index >= 15 is 0 Å². The first-order valence-corrected chi connectivity index (χ1v) is 10.3. The van der Waals surface area contributed by atoms with Crippen molar-refractivity contribution in [2.75, 3.05) is 49.6 Å². The standard InChI is InChI=1S/C21H30N4O2/c1-23-19-15-16(20(26)22-10-6-13-24-11-4-5-12-24)8-9-17(19)25-14-3-2-7-18(25)21(23)27/h8-9,15,18H,2-7,10-14H2,1H3,(H,22,26). The van der Waals surface area contributed by atoms with E-state index in [1.807, 2.05) is 25.2 Å². The molecule has 3 aliphatic heterocycles. The Morgan fingerprint density at radius 3 is 2.70 bits per heavy atom. The van der Waals surface area contributed by atoms with Gasteiger partial charge in [0.05, 0.1) is 11.4 Å². The number of anilines is 2. The molecular formula is C21H30N4O2. The fourth-order valence-electron chi connectivity index (χ4n) is 4.61. The van der Waals surface area contributed by atoms with Crippen LogP contribution < -0.4 is 15.1 Å². The van der Waals surface area contributed by atoms with Crippen molar-refractivity contribution in [2.45, 2.75) is 44.6 Å². The molecule has 2 saturated heterocycles. The minimum atomic E-state index is -0.0548. The monoisotopic (exact) mass is 370 g/mol. The highest BCUT2D eigenvalue weighted by molar-refractivity contribution is 6.07. The number of benzene rings is 1. The molecule has 1 unspecified atom stereocenters. The fraction of sp³-hybridized carbons (Fsp3) is 0.619. The Bertz CT molecular complexity index is 714. The number of fused-ring (bicyclic) bond motifs is 3. The predicted molar refractivity (Wildman–Crippen MR) is 107 cm³/mol. The number of rotatable bonds is 5. The Balaban J connectivity index is 1.41. The summed E-state index contributed by atoms with van der Waals surface area (Å²) < 4.78 is 0. The number of piperidine rings is 1. The third-order valence-electron chi connectivity index (χ3n) is 6.16. The molecule has 0 aliphatic carbocycles. The quantitative estimate of drug-likeness (QED) is 0.808. The van der Waals surface area contributed by atoms with Gasteiger partial charge in [-0.2, -0.15) is 0 Å². The molecule has 1 N–H and O–H groups in total. The van der Waals surface area contributed by atoms with E-state index in [1.165, 1.54) is 25.9 Å². The van der Waals surface area contributed by atoms with Crippen LogP contribution >= 0.6 is 0 Å². The van der Waals surface area contributed by atoms with Gasteiger partial charge in [0.15, 0.2) is 0 Å². The van der Waals surface area contributed by atoms with Crippen LogP contribution in [0.15, 0.2) is 18.2 Å². The summed E-state index contributed by atoms with van der Waals surface area (Å²) in [6, 6.07) is 5.73. The molecule has 2 amide bonds. The van der Waals surface area contributed by atoms with Gasteiger partial charge in [-0.15, -0.1) is 0 Å². The predicted octanol–water partition coefficient (Wildman–Crippen LogP) is 2.24. The largest absolute Gasteiger partial charge is 0.358 e. The van der Waals surface area contributed by atoms with E-state index in [-0.39, 0.29) is 17.9 Å². The topological polar surface area (TPSA) is 55.9 Å². The van der Waals surface area contributed by atoms with Crippen molar-refractivity contribution in [3.05, 3.63) is 23.8 Å². The number of hydrogen-bond donors (Lipinski definition) is 1. The van der Waals surface area contributed by atoms with Gasteiger partial charge in [0.2, 0.25) is 5.91 Å².